The SMILES string of the molecule is CCc1cc(=O)n(CC(=O)Nc2cc(OC)cc(OC)c2)c(N2CCOCC2)n1. The van der Waals surface area contributed by atoms with E-state index in [1.54, 1.807) is 18.2 Å². The zero-order valence-electron chi connectivity index (χ0n) is 16.9. The standard InChI is InChI=1S/C20H26N4O5/c1-4-14-11-19(26)24(20(22-14)23-5-7-29-8-6-23)13-18(25)21-15-9-16(27-2)12-17(10-15)28-3/h9-12H,4-8,13H2,1-3H3,(H,21,25). The normalized spacial score (nSPS) is 13.8. The first-order valence-corrected chi connectivity index (χ1v) is 9.50. The molecular formula is C20H26N4O5. The van der Waals surface area contributed by atoms with Crippen molar-refractivity contribution in [1.29, 1.82) is 0 Å². The highest BCUT2D eigenvalue weighted by molar-refractivity contribution is 5.91. The van der Waals surface area contributed by atoms with Crippen LogP contribution >= 0.6 is 0 Å². The van der Waals surface area contributed by atoms with Crippen LogP contribution in [0.25, 0.3) is 0 Å². The van der Waals surface area contributed by atoms with Crippen LogP contribution < -0.4 is 25.2 Å². The Kier molecular flexibility index (Phi) is 6.71. The van der Waals surface area contributed by atoms with Crippen LogP contribution in [-0.4, -0.2) is 56.0 Å². The number of nitrogens with one attached hydrogen (secondary N) is 1. The van der Waals surface area contributed by atoms with E-state index < -0.39 is 0 Å². The highest BCUT2D eigenvalue weighted by atomic mass is 16.5. The molecule has 1 aliphatic rings. The van der Waals surface area contributed by atoms with Gasteiger partial charge in [0.25, 0.3) is 5.56 Å². The molecule has 1 amide bonds. The first kappa shape index (κ1) is 20.7. The summed E-state index contributed by atoms with van der Waals surface area (Å²) in [5.41, 5.74) is 0.965. The lowest BCUT2D eigenvalue weighted by Crippen LogP contribution is -2.42. The van der Waals surface area contributed by atoms with Gasteiger partial charge < -0.3 is 24.4 Å². The number of carbonyl (C=O) groups is 1. The third kappa shape index (κ3) is 5.05. The summed E-state index contributed by atoms with van der Waals surface area (Å²) in [4.78, 5) is 32.0. The van der Waals surface area contributed by atoms with E-state index in [1.165, 1.54) is 24.9 Å². The van der Waals surface area contributed by atoms with E-state index in [0.717, 1.165) is 0 Å². The number of hydrogen-bond donors (Lipinski definition) is 1. The number of methoxy groups -OCH3 is 2. The largest absolute Gasteiger partial charge is 0.497 e. The van der Waals surface area contributed by atoms with Crippen molar-refractivity contribution < 1.29 is 19.0 Å². The molecule has 156 valence electrons. The monoisotopic (exact) mass is 402 g/mol. The first-order chi connectivity index (χ1) is 14.0. The molecule has 29 heavy (non-hydrogen) atoms. The summed E-state index contributed by atoms with van der Waals surface area (Å²) in [7, 11) is 3.07. The molecule has 0 spiro atoms. The highest BCUT2D eigenvalue weighted by Crippen LogP contribution is 2.25. The summed E-state index contributed by atoms with van der Waals surface area (Å²) in [6.45, 7) is 4.15. The van der Waals surface area contributed by atoms with Crippen LogP contribution in [0, 0.1) is 0 Å². The van der Waals surface area contributed by atoms with Crippen LogP contribution in [-0.2, 0) is 22.5 Å². The van der Waals surface area contributed by atoms with Gasteiger partial charge >= 0.3 is 0 Å². The maximum Gasteiger partial charge on any atom is 0.255 e. The number of anilines is 2. The quantitative estimate of drug-likeness (QED) is 0.746. The lowest BCUT2D eigenvalue weighted by molar-refractivity contribution is -0.116. The van der Waals surface area contributed by atoms with E-state index in [-0.39, 0.29) is 18.0 Å². The second kappa shape index (κ2) is 9.42. The third-order valence-corrected chi connectivity index (χ3v) is 4.63. The number of benzene rings is 1. The van der Waals surface area contributed by atoms with Gasteiger partial charge in [-0.3, -0.25) is 14.2 Å². The van der Waals surface area contributed by atoms with Gasteiger partial charge in [0.1, 0.15) is 18.0 Å². The van der Waals surface area contributed by atoms with E-state index in [4.69, 9.17) is 14.2 Å². The van der Waals surface area contributed by atoms with Crippen molar-refractivity contribution in [2.24, 2.45) is 0 Å². The number of nitrogens with zero attached hydrogens (tertiary/aromatic N) is 3. The third-order valence-electron chi connectivity index (χ3n) is 4.63. The summed E-state index contributed by atoms with van der Waals surface area (Å²) in [5, 5.41) is 2.80. The second-order valence-electron chi connectivity index (χ2n) is 6.57. The average Bonchev–Trinajstić information content (AvgIpc) is 2.75. The molecule has 1 aliphatic heterocycles. The number of aryl methyl sites for hydroxylation is 1. The zero-order chi connectivity index (χ0) is 20.8. The van der Waals surface area contributed by atoms with Crippen molar-refractivity contribution >= 4 is 17.5 Å². The van der Waals surface area contributed by atoms with Crippen LogP contribution in [0.1, 0.15) is 12.6 Å². The molecule has 0 bridgehead atoms. The van der Waals surface area contributed by atoms with Gasteiger partial charge in [-0.25, -0.2) is 4.98 Å². The number of rotatable bonds is 7. The van der Waals surface area contributed by atoms with Gasteiger partial charge in [0.2, 0.25) is 11.9 Å². The predicted octanol–water partition coefficient (Wildman–Crippen LogP) is 1.30. The Morgan fingerprint density at radius 2 is 1.79 bits per heavy atom. The van der Waals surface area contributed by atoms with Gasteiger partial charge in [-0.1, -0.05) is 6.92 Å². The molecule has 2 aromatic rings. The Bertz CT molecular complexity index is 899. The van der Waals surface area contributed by atoms with Crippen molar-refractivity contribution in [3.8, 4) is 11.5 Å². The minimum Gasteiger partial charge on any atom is -0.497 e. The van der Waals surface area contributed by atoms with E-state index in [2.05, 4.69) is 10.3 Å². The number of amides is 1. The predicted molar refractivity (Wildman–Crippen MR) is 109 cm³/mol. The fraction of sp³-hybridized carbons (Fsp3) is 0.450. The Hall–Kier alpha value is -3.07. The summed E-state index contributed by atoms with van der Waals surface area (Å²) >= 11 is 0. The minimum atomic E-state index is -0.344. The van der Waals surface area contributed by atoms with Gasteiger partial charge in [-0.15, -0.1) is 0 Å². The Labute approximate surface area is 169 Å². The smallest absolute Gasteiger partial charge is 0.255 e. The first-order valence-electron chi connectivity index (χ1n) is 9.50. The van der Waals surface area contributed by atoms with Gasteiger partial charge in [0.05, 0.1) is 27.4 Å². The molecule has 1 aromatic heterocycles. The Morgan fingerprint density at radius 1 is 1.14 bits per heavy atom. The van der Waals surface area contributed by atoms with Gasteiger partial charge in [-0.2, -0.15) is 0 Å². The summed E-state index contributed by atoms with van der Waals surface area (Å²) in [6, 6.07) is 6.56. The zero-order valence-corrected chi connectivity index (χ0v) is 16.9. The molecule has 0 atom stereocenters. The molecule has 1 saturated heterocycles. The molecule has 0 radical (unpaired) electrons. The fourth-order valence-corrected chi connectivity index (χ4v) is 3.10. The topological polar surface area (TPSA) is 94.9 Å². The van der Waals surface area contributed by atoms with Crippen molar-refractivity contribution in [3.63, 3.8) is 0 Å². The molecule has 0 unspecified atom stereocenters. The van der Waals surface area contributed by atoms with Crippen LogP contribution in [0.15, 0.2) is 29.1 Å². The minimum absolute atomic E-state index is 0.151. The van der Waals surface area contributed by atoms with E-state index >= 15 is 0 Å². The summed E-state index contributed by atoms with van der Waals surface area (Å²) in [5.74, 6) is 1.26. The maximum absolute atomic E-state index is 12.7. The second-order valence-corrected chi connectivity index (χ2v) is 6.57. The highest BCUT2D eigenvalue weighted by Gasteiger charge is 2.20. The molecule has 9 nitrogen and oxygen atoms in total. The lowest BCUT2D eigenvalue weighted by Gasteiger charge is -2.29. The van der Waals surface area contributed by atoms with Crippen molar-refractivity contribution in [2.45, 2.75) is 19.9 Å². The summed E-state index contributed by atoms with van der Waals surface area (Å²) in [6.07, 6.45) is 0.642. The molecule has 0 saturated carbocycles. The van der Waals surface area contributed by atoms with E-state index in [1.807, 2.05) is 11.8 Å². The van der Waals surface area contributed by atoms with Crippen LogP contribution in [0.4, 0.5) is 11.6 Å². The van der Waals surface area contributed by atoms with E-state index in [9.17, 15) is 9.59 Å². The van der Waals surface area contributed by atoms with Gasteiger partial charge in [0.15, 0.2) is 0 Å². The van der Waals surface area contributed by atoms with Gasteiger partial charge in [-0.05, 0) is 6.42 Å². The number of hydrogen-bond acceptors (Lipinski definition) is 7. The van der Waals surface area contributed by atoms with Crippen LogP contribution in [0.5, 0.6) is 11.5 Å². The molecule has 1 N–H and O–H groups in total. The fourth-order valence-electron chi connectivity index (χ4n) is 3.10. The average molecular weight is 402 g/mol. The van der Waals surface area contributed by atoms with Crippen molar-refractivity contribution in [3.05, 3.63) is 40.3 Å². The molecule has 0 aliphatic carbocycles. The molecule has 1 fully saturated rings. The molecular weight excluding hydrogens is 376 g/mol. The molecule has 1 aromatic carbocycles. The molecule has 2 heterocycles. The molecule has 9 heteroatoms. The van der Waals surface area contributed by atoms with Crippen LogP contribution in [0.3, 0.4) is 0 Å². The number of carbonyl (C=O) groups excluding carboxylic acids is 1. The van der Waals surface area contributed by atoms with Crippen molar-refractivity contribution in [1.82, 2.24) is 9.55 Å². The molecule has 3 rings (SSSR count). The lowest BCUT2D eigenvalue weighted by atomic mass is 10.2. The number of ether oxygens (including phenoxy) is 3. The number of aromatic nitrogens is 2. The van der Waals surface area contributed by atoms with Crippen LogP contribution in [0.2, 0.25) is 0 Å². The summed E-state index contributed by atoms with van der Waals surface area (Å²) < 4.78 is 17.2. The Balaban J connectivity index is 1.85. The Morgan fingerprint density at radius 3 is 2.38 bits per heavy atom. The van der Waals surface area contributed by atoms with Gasteiger partial charge in [0, 0.05) is 48.7 Å². The van der Waals surface area contributed by atoms with E-state index in [0.29, 0.717) is 61.6 Å². The van der Waals surface area contributed by atoms with Crippen molar-refractivity contribution in [2.75, 3.05) is 50.7 Å². The number of morpholine rings is 1. The maximum atomic E-state index is 12.7.